The monoisotopic (exact) mass is 442 g/mol. The van der Waals surface area contributed by atoms with Gasteiger partial charge in [-0.1, -0.05) is 66.0 Å². The average molecular weight is 443 g/mol. The molecule has 0 bridgehead atoms. The molecule has 3 heteroatoms. The van der Waals surface area contributed by atoms with Crippen LogP contribution in [0.15, 0.2) is 11.6 Å². The van der Waals surface area contributed by atoms with E-state index in [1.807, 2.05) is 0 Å². The minimum Gasteiger partial charge on any atom is -0.481 e. The van der Waals surface area contributed by atoms with Crippen molar-refractivity contribution < 1.29 is 15.0 Å². The van der Waals surface area contributed by atoms with E-state index < -0.39 is 11.4 Å². The van der Waals surface area contributed by atoms with E-state index in [0.717, 1.165) is 44.9 Å². The fraction of sp³-hybridized carbons (Fsp3) is 0.897. The molecule has 0 aromatic rings. The van der Waals surface area contributed by atoms with Gasteiger partial charge in [-0.25, -0.2) is 0 Å². The lowest BCUT2D eigenvalue weighted by Gasteiger charge is -2.71. The van der Waals surface area contributed by atoms with Gasteiger partial charge < -0.3 is 10.2 Å². The van der Waals surface area contributed by atoms with Crippen LogP contribution in [0.4, 0.5) is 0 Å². The lowest BCUT2D eigenvalue weighted by Crippen LogP contribution is -2.65. The molecule has 4 unspecified atom stereocenters. The first-order valence-corrected chi connectivity index (χ1v) is 13.5. The Bertz CT molecular complexity index is 843. The van der Waals surface area contributed by atoms with Crippen LogP contribution in [0.25, 0.3) is 0 Å². The molecule has 0 radical (unpaired) electrons. The summed E-state index contributed by atoms with van der Waals surface area (Å²) >= 11 is 0. The highest BCUT2D eigenvalue weighted by atomic mass is 16.4. The van der Waals surface area contributed by atoms with Crippen LogP contribution in [0, 0.1) is 50.7 Å². The van der Waals surface area contributed by atoms with Crippen LogP contribution in [0.3, 0.4) is 0 Å². The van der Waals surface area contributed by atoms with Gasteiger partial charge in [0.25, 0.3) is 0 Å². The van der Waals surface area contributed by atoms with Crippen molar-refractivity contribution in [2.24, 2.45) is 50.7 Å². The molecule has 0 aromatic carbocycles. The Labute approximate surface area is 195 Å². The van der Waals surface area contributed by atoms with Crippen molar-refractivity contribution >= 4 is 5.97 Å². The van der Waals surface area contributed by atoms with Gasteiger partial charge in [-0.05, 0) is 96.7 Å². The van der Waals surface area contributed by atoms with Gasteiger partial charge in [-0.2, -0.15) is 0 Å². The zero-order valence-corrected chi connectivity index (χ0v) is 21.3. The third-order valence-corrected chi connectivity index (χ3v) is 12.8. The van der Waals surface area contributed by atoms with Crippen molar-refractivity contribution in [1.29, 1.82) is 0 Å². The van der Waals surface area contributed by atoms with Gasteiger partial charge in [-0.3, -0.25) is 4.79 Å². The SMILES string of the molecule is C[C@H]1CCC[C@]2(C(=O)O)CCC3(C)C(=CCC4[C@@]5(C)CCC(O)C(C)(C)C5CC[C@]43C)[C@H]12. The molecule has 0 aliphatic heterocycles. The fourth-order valence-electron chi connectivity index (χ4n) is 10.7. The Morgan fingerprint density at radius 3 is 2.34 bits per heavy atom. The van der Waals surface area contributed by atoms with Crippen molar-refractivity contribution in [3.8, 4) is 0 Å². The summed E-state index contributed by atoms with van der Waals surface area (Å²) in [7, 11) is 0. The molecule has 32 heavy (non-hydrogen) atoms. The number of carboxylic acids is 1. The van der Waals surface area contributed by atoms with E-state index in [1.54, 1.807) is 0 Å². The van der Waals surface area contributed by atoms with E-state index in [1.165, 1.54) is 24.8 Å². The number of aliphatic hydroxyl groups is 1. The first-order valence-electron chi connectivity index (χ1n) is 13.5. The zero-order chi connectivity index (χ0) is 23.3. The number of fused-ring (bicyclic) bond motifs is 7. The maximum atomic E-state index is 12.7. The summed E-state index contributed by atoms with van der Waals surface area (Å²) < 4.78 is 0. The summed E-state index contributed by atoms with van der Waals surface area (Å²) in [5, 5.41) is 21.3. The smallest absolute Gasteiger partial charge is 0.310 e. The van der Waals surface area contributed by atoms with Crippen molar-refractivity contribution in [1.82, 2.24) is 0 Å². The predicted octanol–water partition coefficient (Wildman–Crippen LogP) is 6.84. The number of carbonyl (C=O) groups is 1. The standard InChI is InChI=1S/C29H46O3/c1-18-8-7-13-29(24(31)32)17-16-27(5)19(23(18)29)9-10-21-26(4)14-12-22(30)25(2,3)20(26)11-15-28(21,27)6/h9,18,20-23,30H,7-8,10-17H2,1-6H3,(H,31,32)/t18-,20?,21?,22?,23-,26-,27?,28+,29-/m0/s1. The molecule has 0 heterocycles. The number of rotatable bonds is 1. The van der Waals surface area contributed by atoms with Gasteiger partial charge in [0.15, 0.2) is 0 Å². The van der Waals surface area contributed by atoms with E-state index in [2.05, 4.69) is 47.6 Å². The van der Waals surface area contributed by atoms with Gasteiger partial charge in [0.2, 0.25) is 0 Å². The Balaban J connectivity index is 1.60. The van der Waals surface area contributed by atoms with Crippen LogP contribution >= 0.6 is 0 Å². The van der Waals surface area contributed by atoms with Crippen LogP contribution in [0.5, 0.6) is 0 Å². The van der Waals surface area contributed by atoms with Gasteiger partial charge in [0.1, 0.15) is 0 Å². The predicted molar refractivity (Wildman–Crippen MR) is 128 cm³/mol. The summed E-state index contributed by atoms with van der Waals surface area (Å²) in [4.78, 5) is 12.7. The van der Waals surface area contributed by atoms with Gasteiger partial charge >= 0.3 is 5.97 Å². The molecule has 5 rings (SSSR count). The molecule has 0 saturated heterocycles. The Morgan fingerprint density at radius 1 is 0.938 bits per heavy atom. The molecular weight excluding hydrogens is 396 g/mol. The van der Waals surface area contributed by atoms with Crippen LogP contribution in [-0.4, -0.2) is 22.3 Å². The van der Waals surface area contributed by atoms with Gasteiger partial charge in [0.05, 0.1) is 11.5 Å². The molecule has 3 nitrogen and oxygen atoms in total. The van der Waals surface area contributed by atoms with Crippen LogP contribution in [0.1, 0.15) is 106 Å². The van der Waals surface area contributed by atoms with Crippen molar-refractivity contribution in [3.63, 3.8) is 0 Å². The number of hydrogen-bond donors (Lipinski definition) is 2. The molecule has 0 amide bonds. The Hall–Kier alpha value is -0.830. The van der Waals surface area contributed by atoms with Gasteiger partial charge in [0, 0.05) is 0 Å². The number of aliphatic carboxylic acids is 1. The number of aliphatic hydroxyl groups excluding tert-OH is 1. The van der Waals surface area contributed by atoms with Crippen molar-refractivity contribution in [3.05, 3.63) is 11.6 Å². The highest BCUT2D eigenvalue weighted by Crippen LogP contribution is 2.75. The summed E-state index contributed by atoms with van der Waals surface area (Å²) in [5.74, 6) is 1.31. The third-order valence-electron chi connectivity index (χ3n) is 12.8. The molecule has 5 aliphatic carbocycles. The fourth-order valence-corrected chi connectivity index (χ4v) is 10.7. The topological polar surface area (TPSA) is 57.5 Å². The molecule has 0 aromatic heterocycles. The van der Waals surface area contributed by atoms with Crippen LogP contribution in [-0.2, 0) is 4.79 Å². The molecule has 5 aliphatic rings. The third kappa shape index (κ3) is 2.56. The molecule has 9 atom stereocenters. The van der Waals surface area contributed by atoms with E-state index in [-0.39, 0.29) is 33.7 Å². The summed E-state index contributed by atoms with van der Waals surface area (Å²) in [5.41, 5.74) is 1.52. The van der Waals surface area contributed by atoms with E-state index in [4.69, 9.17) is 0 Å². The lowest BCUT2D eigenvalue weighted by atomic mass is 9.33. The minimum absolute atomic E-state index is 0.0257. The summed E-state index contributed by atoms with van der Waals surface area (Å²) in [6.07, 6.45) is 12.9. The molecule has 180 valence electrons. The first-order chi connectivity index (χ1) is 14.8. The van der Waals surface area contributed by atoms with Crippen LogP contribution < -0.4 is 0 Å². The average Bonchev–Trinajstić information content (AvgIpc) is 2.71. The maximum Gasteiger partial charge on any atom is 0.310 e. The Kier molecular flexibility index (Phi) is 4.92. The minimum atomic E-state index is -0.539. The van der Waals surface area contributed by atoms with Crippen molar-refractivity contribution in [2.75, 3.05) is 0 Å². The molecule has 0 spiro atoms. The number of allylic oxidation sites excluding steroid dienone is 2. The van der Waals surface area contributed by atoms with Crippen LogP contribution in [0.2, 0.25) is 0 Å². The van der Waals surface area contributed by atoms with E-state index in [0.29, 0.717) is 17.8 Å². The number of hydrogen-bond acceptors (Lipinski definition) is 2. The quantitative estimate of drug-likeness (QED) is 0.437. The molecule has 4 saturated carbocycles. The second-order valence-electron chi connectivity index (χ2n) is 14.0. The second kappa shape index (κ2) is 6.86. The van der Waals surface area contributed by atoms with E-state index in [9.17, 15) is 15.0 Å². The maximum absolute atomic E-state index is 12.7. The normalized spacial score (nSPS) is 54.3. The highest BCUT2D eigenvalue weighted by molar-refractivity contribution is 5.76. The lowest BCUT2D eigenvalue weighted by molar-refractivity contribution is -0.205. The second-order valence-corrected chi connectivity index (χ2v) is 14.0. The number of carboxylic acid groups (broad SMARTS) is 1. The highest BCUT2D eigenvalue weighted by Gasteiger charge is 2.69. The summed E-state index contributed by atoms with van der Waals surface area (Å²) in [6, 6.07) is 0. The van der Waals surface area contributed by atoms with Gasteiger partial charge in [-0.15, -0.1) is 0 Å². The molecule has 4 fully saturated rings. The summed E-state index contributed by atoms with van der Waals surface area (Å²) in [6.45, 7) is 14.6. The van der Waals surface area contributed by atoms with E-state index >= 15 is 0 Å². The Morgan fingerprint density at radius 2 is 1.66 bits per heavy atom. The molecular formula is C29H46O3. The first kappa shape index (κ1) is 22.9. The largest absolute Gasteiger partial charge is 0.481 e. The zero-order valence-electron chi connectivity index (χ0n) is 21.3. The molecule has 2 N–H and O–H groups in total. The van der Waals surface area contributed by atoms with Crippen molar-refractivity contribution in [2.45, 2.75) is 112 Å².